The Morgan fingerprint density at radius 1 is 1.00 bits per heavy atom. The monoisotopic (exact) mass is 400 g/mol. The van der Waals surface area contributed by atoms with Gasteiger partial charge in [-0.3, -0.25) is 9.52 Å². The van der Waals surface area contributed by atoms with Crippen LogP contribution < -0.4 is 10.0 Å². The fourth-order valence-corrected chi connectivity index (χ4v) is 4.61. The van der Waals surface area contributed by atoms with Crippen LogP contribution in [0.1, 0.15) is 28.8 Å². The third kappa shape index (κ3) is 4.96. The summed E-state index contributed by atoms with van der Waals surface area (Å²) in [6.45, 7) is 2.58. The minimum absolute atomic E-state index is 0.189. The minimum Gasteiger partial charge on any atom is -0.351 e. The van der Waals surface area contributed by atoms with Crippen molar-refractivity contribution >= 4 is 33.0 Å². The van der Waals surface area contributed by atoms with Gasteiger partial charge in [-0.25, -0.2) is 8.42 Å². The van der Waals surface area contributed by atoms with Gasteiger partial charge in [0.05, 0.1) is 0 Å². The van der Waals surface area contributed by atoms with Crippen molar-refractivity contribution in [2.24, 2.45) is 0 Å². The largest absolute Gasteiger partial charge is 0.351 e. The zero-order valence-electron chi connectivity index (χ0n) is 14.8. The zero-order chi connectivity index (χ0) is 19.3. The van der Waals surface area contributed by atoms with Crippen LogP contribution in [0.25, 0.3) is 0 Å². The molecule has 0 spiro atoms. The van der Waals surface area contributed by atoms with Gasteiger partial charge in [-0.1, -0.05) is 43.3 Å². The number of thiophene rings is 1. The van der Waals surface area contributed by atoms with E-state index < -0.39 is 10.0 Å². The molecule has 3 aromatic rings. The lowest BCUT2D eigenvalue weighted by Crippen LogP contribution is -2.27. The van der Waals surface area contributed by atoms with Crippen LogP contribution in [0.5, 0.6) is 0 Å². The molecule has 0 saturated carbocycles. The molecule has 2 N–H and O–H groups in total. The van der Waals surface area contributed by atoms with Gasteiger partial charge in [-0.2, -0.15) is 0 Å². The molecule has 0 aliphatic carbocycles. The van der Waals surface area contributed by atoms with Gasteiger partial charge in [0.25, 0.3) is 15.9 Å². The first-order valence-electron chi connectivity index (χ1n) is 8.45. The maximum absolute atomic E-state index is 12.3. The van der Waals surface area contributed by atoms with E-state index in [0.717, 1.165) is 16.9 Å². The number of benzene rings is 2. The second kappa shape index (κ2) is 8.37. The average molecular weight is 401 g/mol. The first kappa shape index (κ1) is 19.1. The Bertz CT molecular complexity index is 983. The molecular formula is C20H20N2O3S2. The summed E-state index contributed by atoms with van der Waals surface area (Å²) in [7, 11) is -3.59. The number of nitrogens with one attached hydrogen (secondary N) is 2. The number of sulfonamides is 1. The summed E-state index contributed by atoms with van der Waals surface area (Å²) in [5, 5.41) is 4.62. The number of anilines is 1. The molecule has 0 fully saturated rings. The van der Waals surface area contributed by atoms with Crippen LogP contribution in [-0.2, 0) is 10.0 Å². The zero-order valence-corrected chi connectivity index (χ0v) is 16.4. The van der Waals surface area contributed by atoms with Crippen LogP contribution in [-0.4, -0.2) is 20.9 Å². The topological polar surface area (TPSA) is 75.3 Å². The van der Waals surface area contributed by atoms with Gasteiger partial charge in [0.15, 0.2) is 0 Å². The molecule has 27 heavy (non-hydrogen) atoms. The first-order chi connectivity index (χ1) is 13.0. The molecule has 0 radical (unpaired) electrons. The third-order valence-electron chi connectivity index (χ3n) is 4.10. The lowest BCUT2D eigenvalue weighted by Gasteiger charge is -2.13. The maximum Gasteiger partial charge on any atom is 0.271 e. The summed E-state index contributed by atoms with van der Waals surface area (Å²) < 4.78 is 27.2. The molecule has 1 atom stereocenters. The molecule has 0 aliphatic rings. The number of carbonyl (C=O) groups excluding carboxylic acids is 1. The predicted molar refractivity (Wildman–Crippen MR) is 109 cm³/mol. The van der Waals surface area contributed by atoms with E-state index in [1.807, 2.05) is 30.3 Å². The molecule has 0 bridgehead atoms. The van der Waals surface area contributed by atoms with Crippen molar-refractivity contribution in [3.8, 4) is 0 Å². The second-order valence-electron chi connectivity index (χ2n) is 6.14. The summed E-state index contributed by atoms with van der Waals surface area (Å²) >= 11 is 1.15. The highest BCUT2D eigenvalue weighted by atomic mass is 32.2. The Morgan fingerprint density at radius 2 is 1.70 bits per heavy atom. The van der Waals surface area contributed by atoms with Crippen molar-refractivity contribution in [2.75, 3.05) is 11.3 Å². The normalized spacial score (nSPS) is 12.3. The van der Waals surface area contributed by atoms with Crippen molar-refractivity contribution < 1.29 is 13.2 Å². The Morgan fingerprint density at radius 3 is 2.33 bits per heavy atom. The summed E-state index contributed by atoms with van der Waals surface area (Å²) in [5.41, 5.74) is 2.06. The fourth-order valence-electron chi connectivity index (χ4n) is 2.56. The van der Waals surface area contributed by atoms with E-state index >= 15 is 0 Å². The molecule has 1 aromatic heterocycles. The van der Waals surface area contributed by atoms with E-state index in [1.165, 1.54) is 0 Å². The average Bonchev–Trinajstić information content (AvgIpc) is 3.23. The van der Waals surface area contributed by atoms with Crippen molar-refractivity contribution in [3.05, 3.63) is 83.2 Å². The lowest BCUT2D eigenvalue weighted by atomic mass is 10.0. The van der Waals surface area contributed by atoms with Gasteiger partial charge < -0.3 is 5.32 Å². The van der Waals surface area contributed by atoms with E-state index in [4.69, 9.17) is 0 Å². The standard InChI is InChI=1S/C20H20N2O3S2/c1-15(16-6-3-2-4-7-16)14-21-20(23)17-9-11-18(12-10-17)22-27(24,25)19-8-5-13-26-19/h2-13,15,22H,14H2,1H3,(H,21,23)/t15-/m1/s1. The molecule has 1 amide bonds. The number of amides is 1. The Balaban J connectivity index is 1.59. The van der Waals surface area contributed by atoms with Crippen molar-refractivity contribution in [2.45, 2.75) is 17.1 Å². The van der Waals surface area contributed by atoms with E-state index in [1.54, 1.807) is 41.8 Å². The Labute approximate surface area is 163 Å². The molecule has 0 unspecified atom stereocenters. The van der Waals surface area contributed by atoms with Crippen LogP contribution in [0, 0.1) is 0 Å². The van der Waals surface area contributed by atoms with Crippen LogP contribution in [0.4, 0.5) is 5.69 Å². The molecular weight excluding hydrogens is 380 g/mol. The molecule has 1 heterocycles. The van der Waals surface area contributed by atoms with Crippen molar-refractivity contribution in [3.63, 3.8) is 0 Å². The van der Waals surface area contributed by atoms with Gasteiger partial charge in [0, 0.05) is 17.8 Å². The highest BCUT2D eigenvalue weighted by Crippen LogP contribution is 2.20. The number of rotatable bonds is 7. The predicted octanol–water partition coefficient (Wildman–Crippen LogP) is 4.08. The highest BCUT2D eigenvalue weighted by Gasteiger charge is 2.15. The van der Waals surface area contributed by atoms with Gasteiger partial charge >= 0.3 is 0 Å². The Hall–Kier alpha value is -2.64. The van der Waals surface area contributed by atoms with Crippen molar-refractivity contribution in [1.29, 1.82) is 0 Å². The molecule has 140 valence electrons. The lowest BCUT2D eigenvalue weighted by molar-refractivity contribution is 0.0951. The van der Waals surface area contributed by atoms with E-state index in [9.17, 15) is 13.2 Å². The number of hydrogen-bond acceptors (Lipinski definition) is 4. The van der Waals surface area contributed by atoms with Gasteiger partial charge in [0.1, 0.15) is 4.21 Å². The minimum atomic E-state index is -3.59. The SMILES string of the molecule is C[C@H](CNC(=O)c1ccc(NS(=O)(=O)c2cccs2)cc1)c1ccccc1. The highest BCUT2D eigenvalue weighted by molar-refractivity contribution is 7.94. The molecule has 7 heteroatoms. The summed E-state index contributed by atoms with van der Waals surface area (Å²) in [4.78, 5) is 12.3. The van der Waals surface area contributed by atoms with E-state index in [-0.39, 0.29) is 16.0 Å². The van der Waals surface area contributed by atoms with Gasteiger partial charge in [-0.15, -0.1) is 11.3 Å². The number of carbonyl (C=O) groups is 1. The molecule has 0 saturated heterocycles. The molecule has 0 aliphatic heterocycles. The Kier molecular flexibility index (Phi) is 5.93. The summed E-state index contributed by atoms with van der Waals surface area (Å²) in [6, 6.07) is 19.6. The molecule has 5 nitrogen and oxygen atoms in total. The van der Waals surface area contributed by atoms with Crippen LogP contribution >= 0.6 is 11.3 Å². The number of hydrogen-bond donors (Lipinski definition) is 2. The molecule has 2 aromatic carbocycles. The van der Waals surface area contributed by atoms with Gasteiger partial charge in [0.2, 0.25) is 0 Å². The van der Waals surface area contributed by atoms with Gasteiger partial charge in [-0.05, 0) is 47.2 Å². The third-order valence-corrected chi connectivity index (χ3v) is 6.88. The summed E-state index contributed by atoms with van der Waals surface area (Å²) in [6.07, 6.45) is 0. The van der Waals surface area contributed by atoms with E-state index in [0.29, 0.717) is 17.8 Å². The van der Waals surface area contributed by atoms with Crippen LogP contribution in [0.3, 0.4) is 0 Å². The van der Waals surface area contributed by atoms with E-state index in [2.05, 4.69) is 17.0 Å². The summed E-state index contributed by atoms with van der Waals surface area (Å²) in [5.74, 6) is 0.0115. The second-order valence-corrected chi connectivity index (χ2v) is 8.99. The fraction of sp³-hybridized carbons (Fsp3) is 0.150. The smallest absolute Gasteiger partial charge is 0.271 e. The maximum atomic E-state index is 12.3. The van der Waals surface area contributed by atoms with Crippen LogP contribution in [0.15, 0.2) is 76.3 Å². The molecule has 3 rings (SSSR count). The van der Waals surface area contributed by atoms with Crippen molar-refractivity contribution in [1.82, 2.24) is 5.32 Å². The first-order valence-corrected chi connectivity index (χ1v) is 10.8. The van der Waals surface area contributed by atoms with Crippen LogP contribution in [0.2, 0.25) is 0 Å². The quantitative estimate of drug-likeness (QED) is 0.627.